The summed E-state index contributed by atoms with van der Waals surface area (Å²) < 4.78 is 0. The van der Waals surface area contributed by atoms with Crippen LogP contribution in [-0.2, 0) is 0 Å². The van der Waals surface area contributed by atoms with Crippen LogP contribution in [0.5, 0.6) is 0 Å². The van der Waals surface area contributed by atoms with Crippen molar-refractivity contribution in [2.24, 2.45) is 0 Å². The van der Waals surface area contributed by atoms with Crippen molar-refractivity contribution in [3.8, 4) is 0 Å². The van der Waals surface area contributed by atoms with Crippen LogP contribution < -0.4 is 5.73 Å². The second kappa shape index (κ2) is 4.95. The lowest BCUT2D eigenvalue weighted by atomic mass is 10.1. The average molecular weight is 249 g/mol. The number of amides is 2. The smallest absolute Gasteiger partial charge is 0.407 e. The molecule has 0 saturated carbocycles. The molecule has 3 N–H and O–H groups in total. The van der Waals surface area contributed by atoms with Crippen LogP contribution in [-0.4, -0.2) is 53.1 Å². The van der Waals surface area contributed by atoms with Gasteiger partial charge in [0.05, 0.1) is 0 Å². The zero-order valence-corrected chi connectivity index (χ0v) is 9.87. The first kappa shape index (κ1) is 12.2. The highest BCUT2D eigenvalue weighted by Crippen LogP contribution is 2.11. The van der Waals surface area contributed by atoms with Gasteiger partial charge in [0.2, 0.25) is 0 Å². The molecule has 6 heteroatoms. The topological polar surface area (TPSA) is 86.9 Å². The average Bonchev–Trinajstić information content (AvgIpc) is 2.39. The van der Waals surface area contributed by atoms with E-state index in [0.29, 0.717) is 37.4 Å². The quantitative estimate of drug-likeness (QED) is 0.717. The third kappa shape index (κ3) is 2.53. The number of carbonyl (C=O) groups excluding carboxylic acids is 1. The maximum atomic E-state index is 12.1. The Labute approximate surface area is 105 Å². The summed E-state index contributed by atoms with van der Waals surface area (Å²) in [6.07, 6.45) is -0.936. The Morgan fingerprint density at radius 1 is 1.00 bits per heavy atom. The van der Waals surface area contributed by atoms with E-state index in [1.807, 2.05) is 0 Å². The van der Waals surface area contributed by atoms with Gasteiger partial charge in [-0.2, -0.15) is 0 Å². The molecule has 1 aliphatic heterocycles. The van der Waals surface area contributed by atoms with Crippen molar-refractivity contribution in [2.75, 3.05) is 31.9 Å². The molecule has 0 aliphatic carbocycles. The molecule has 1 fully saturated rings. The first-order valence-corrected chi connectivity index (χ1v) is 5.70. The van der Waals surface area contributed by atoms with E-state index in [1.165, 1.54) is 4.90 Å². The predicted molar refractivity (Wildman–Crippen MR) is 66.4 cm³/mol. The van der Waals surface area contributed by atoms with E-state index in [0.717, 1.165) is 0 Å². The van der Waals surface area contributed by atoms with Crippen molar-refractivity contribution in [1.29, 1.82) is 0 Å². The summed E-state index contributed by atoms with van der Waals surface area (Å²) in [5, 5.41) is 8.82. The van der Waals surface area contributed by atoms with Crippen LogP contribution >= 0.6 is 0 Å². The van der Waals surface area contributed by atoms with E-state index < -0.39 is 6.09 Å². The molecule has 2 rings (SSSR count). The Bertz CT molecular complexity index is 450. The highest BCUT2D eigenvalue weighted by Gasteiger charge is 2.24. The Morgan fingerprint density at radius 3 is 2.00 bits per heavy atom. The number of carboxylic acid groups (broad SMARTS) is 1. The molecule has 18 heavy (non-hydrogen) atoms. The summed E-state index contributed by atoms with van der Waals surface area (Å²) in [4.78, 5) is 25.8. The third-order valence-electron chi connectivity index (χ3n) is 3.00. The highest BCUT2D eigenvalue weighted by atomic mass is 16.4. The number of piperazine rings is 1. The highest BCUT2D eigenvalue weighted by molar-refractivity contribution is 5.94. The number of hydrogen-bond donors (Lipinski definition) is 2. The van der Waals surface area contributed by atoms with Crippen molar-refractivity contribution in [1.82, 2.24) is 9.80 Å². The van der Waals surface area contributed by atoms with Gasteiger partial charge in [0.25, 0.3) is 5.91 Å². The minimum absolute atomic E-state index is 0.0833. The number of rotatable bonds is 1. The first-order valence-electron chi connectivity index (χ1n) is 5.70. The fraction of sp³-hybridized carbons (Fsp3) is 0.333. The number of anilines is 1. The second-order valence-corrected chi connectivity index (χ2v) is 4.18. The minimum atomic E-state index is -0.936. The van der Waals surface area contributed by atoms with Crippen molar-refractivity contribution >= 4 is 17.7 Å². The van der Waals surface area contributed by atoms with Gasteiger partial charge in [0.15, 0.2) is 0 Å². The summed E-state index contributed by atoms with van der Waals surface area (Å²) in [5.41, 5.74) is 6.75. The summed E-state index contributed by atoms with van der Waals surface area (Å²) in [6.45, 7) is 1.57. The standard InChI is InChI=1S/C12H15N3O3/c13-10-3-1-9(2-4-10)11(16)14-5-7-15(8-6-14)12(17)18/h1-4H,5-8,13H2,(H,17,18). The van der Waals surface area contributed by atoms with E-state index in [2.05, 4.69) is 0 Å². The molecule has 1 aromatic carbocycles. The van der Waals surface area contributed by atoms with E-state index >= 15 is 0 Å². The largest absolute Gasteiger partial charge is 0.465 e. The first-order chi connectivity index (χ1) is 8.58. The lowest BCUT2D eigenvalue weighted by Crippen LogP contribution is -2.50. The Morgan fingerprint density at radius 2 is 1.50 bits per heavy atom. The summed E-state index contributed by atoms with van der Waals surface area (Å²) >= 11 is 0. The van der Waals surface area contributed by atoms with Crippen molar-refractivity contribution < 1.29 is 14.7 Å². The third-order valence-corrected chi connectivity index (χ3v) is 3.00. The van der Waals surface area contributed by atoms with Gasteiger partial charge in [-0.25, -0.2) is 4.79 Å². The molecule has 6 nitrogen and oxygen atoms in total. The Kier molecular flexibility index (Phi) is 3.36. The van der Waals surface area contributed by atoms with Crippen molar-refractivity contribution in [3.63, 3.8) is 0 Å². The number of carbonyl (C=O) groups is 2. The molecule has 0 radical (unpaired) electrons. The SMILES string of the molecule is Nc1ccc(C(=O)N2CCN(C(=O)O)CC2)cc1. The van der Waals surface area contributed by atoms with Crippen LogP contribution in [0.3, 0.4) is 0 Å². The Balaban J connectivity index is 1.99. The van der Waals surface area contributed by atoms with Gasteiger partial charge >= 0.3 is 6.09 Å². The molecule has 0 bridgehead atoms. The minimum Gasteiger partial charge on any atom is -0.465 e. The zero-order chi connectivity index (χ0) is 13.1. The molecule has 1 aromatic rings. The fourth-order valence-electron chi connectivity index (χ4n) is 1.91. The van der Waals surface area contributed by atoms with Crippen LogP contribution in [0, 0.1) is 0 Å². The van der Waals surface area contributed by atoms with Gasteiger partial charge in [0, 0.05) is 37.4 Å². The summed E-state index contributed by atoms with van der Waals surface area (Å²) in [6, 6.07) is 6.73. The fourth-order valence-corrected chi connectivity index (χ4v) is 1.91. The summed E-state index contributed by atoms with van der Waals surface area (Å²) in [5.74, 6) is -0.0833. The maximum absolute atomic E-state index is 12.1. The van der Waals surface area contributed by atoms with Crippen LogP contribution in [0.4, 0.5) is 10.5 Å². The molecular formula is C12H15N3O3. The van der Waals surface area contributed by atoms with Gasteiger partial charge in [0.1, 0.15) is 0 Å². The molecule has 0 aromatic heterocycles. The molecule has 1 aliphatic rings. The molecule has 0 spiro atoms. The maximum Gasteiger partial charge on any atom is 0.407 e. The number of nitrogen functional groups attached to an aromatic ring is 1. The van der Waals surface area contributed by atoms with Crippen LogP contribution in [0.1, 0.15) is 10.4 Å². The molecule has 0 atom stereocenters. The predicted octanol–water partition coefficient (Wildman–Crippen LogP) is 0.705. The molecule has 0 unspecified atom stereocenters. The van der Waals surface area contributed by atoms with Gasteiger partial charge in [-0.1, -0.05) is 0 Å². The normalized spacial score (nSPS) is 15.6. The van der Waals surface area contributed by atoms with Crippen molar-refractivity contribution in [2.45, 2.75) is 0 Å². The molecule has 1 heterocycles. The molecule has 96 valence electrons. The van der Waals surface area contributed by atoms with E-state index in [1.54, 1.807) is 29.2 Å². The monoisotopic (exact) mass is 249 g/mol. The van der Waals surface area contributed by atoms with Crippen LogP contribution in [0.2, 0.25) is 0 Å². The van der Waals surface area contributed by atoms with Crippen LogP contribution in [0.15, 0.2) is 24.3 Å². The van der Waals surface area contributed by atoms with E-state index in [9.17, 15) is 9.59 Å². The van der Waals surface area contributed by atoms with Gasteiger partial charge in [-0.05, 0) is 24.3 Å². The lowest BCUT2D eigenvalue weighted by molar-refractivity contribution is 0.0625. The second-order valence-electron chi connectivity index (χ2n) is 4.18. The van der Waals surface area contributed by atoms with Gasteiger partial charge in [-0.15, -0.1) is 0 Å². The summed E-state index contributed by atoms with van der Waals surface area (Å²) in [7, 11) is 0. The van der Waals surface area contributed by atoms with E-state index in [4.69, 9.17) is 10.8 Å². The molecule has 1 saturated heterocycles. The van der Waals surface area contributed by atoms with Crippen LogP contribution in [0.25, 0.3) is 0 Å². The Hall–Kier alpha value is -2.24. The number of nitrogens with zero attached hydrogens (tertiary/aromatic N) is 2. The number of benzene rings is 1. The zero-order valence-electron chi connectivity index (χ0n) is 9.87. The van der Waals surface area contributed by atoms with Gasteiger partial charge in [-0.3, -0.25) is 4.79 Å². The number of nitrogens with two attached hydrogens (primary N) is 1. The molecular weight excluding hydrogens is 234 g/mol. The van der Waals surface area contributed by atoms with Crippen molar-refractivity contribution in [3.05, 3.63) is 29.8 Å². The molecule has 2 amide bonds. The van der Waals surface area contributed by atoms with E-state index in [-0.39, 0.29) is 5.91 Å². The lowest BCUT2D eigenvalue weighted by Gasteiger charge is -2.33. The number of hydrogen-bond acceptors (Lipinski definition) is 3. The van der Waals surface area contributed by atoms with Gasteiger partial charge < -0.3 is 20.6 Å².